The lowest BCUT2D eigenvalue weighted by Gasteiger charge is -2.18. The molecule has 0 bridgehead atoms. The van der Waals surface area contributed by atoms with E-state index in [1.165, 1.54) is 116 Å². The van der Waals surface area contributed by atoms with Gasteiger partial charge in [-0.25, -0.2) is 0 Å². The molecule has 0 amide bonds. The number of hydrogen-bond donors (Lipinski definition) is 0. The van der Waals surface area contributed by atoms with Crippen molar-refractivity contribution >= 4 is 17.9 Å². The standard InChI is InChI=1S/C59H102O6/c1-4-7-10-13-16-19-22-23-24-25-26-27-28-29-30-31-32-33-34-35-38-40-43-46-49-52-58(61)64-55-56(65-59(62)53-50-47-44-41-37-21-18-15-12-9-6-3)54-63-57(60)51-48-45-42-39-36-20-17-14-11-8-5-2/h7,10,15-16,18-19,23-24,26-27,29-30,56H,4-6,8-9,11-14,17,20-22,25,28,31-55H2,1-3H3/b10-7-,18-15-,19-16-,24-23-,27-26-,30-29-. The molecule has 0 aliphatic carbocycles. The summed E-state index contributed by atoms with van der Waals surface area (Å²) >= 11 is 0. The van der Waals surface area contributed by atoms with Gasteiger partial charge in [0.15, 0.2) is 6.10 Å². The normalized spacial score (nSPS) is 12.6. The third kappa shape index (κ3) is 51.7. The van der Waals surface area contributed by atoms with Crippen molar-refractivity contribution in [1.82, 2.24) is 0 Å². The lowest BCUT2D eigenvalue weighted by Crippen LogP contribution is -2.30. The van der Waals surface area contributed by atoms with Crippen LogP contribution in [0.1, 0.15) is 265 Å². The molecular formula is C59H102O6. The second-order valence-electron chi connectivity index (χ2n) is 18.1. The van der Waals surface area contributed by atoms with Gasteiger partial charge in [-0.1, -0.05) is 235 Å². The van der Waals surface area contributed by atoms with Gasteiger partial charge in [-0.05, 0) is 83.5 Å². The summed E-state index contributed by atoms with van der Waals surface area (Å²) in [4.78, 5) is 38.0. The fourth-order valence-corrected chi connectivity index (χ4v) is 7.57. The zero-order valence-corrected chi connectivity index (χ0v) is 42.7. The Balaban J connectivity index is 4.24. The number of hydrogen-bond acceptors (Lipinski definition) is 6. The first-order valence-corrected chi connectivity index (χ1v) is 27.4. The summed E-state index contributed by atoms with van der Waals surface area (Å²) in [5.74, 6) is -0.891. The molecule has 6 nitrogen and oxygen atoms in total. The third-order valence-corrected chi connectivity index (χ3v) is 11.7. The molecule has 0 fully saturated rings. The highest BCUT2D eigenvalue weighted by atomic mass is 16.6. The van der Waals surface area contributed by atoms with Crippen molar-refractivity contribution in [2.45, 2.75) is 271 Å². The van der Waals surface area contributed by atoms with Gasteiger partial charge >= 0.3 is 17.9 Å². The van der Waals surface area contributed by atoms with E-state index in [2.05, 4.69) is 93.7 Å². The minimum absolute atomic E-state index is 0.0783. The second kappa shape index (κ2) is 53.5. The van der Waals surface area contributed by atoms with Gasteiger partial charge in [0, 0.05) is 19.3 Å². The molecule has 374 valence electrons. The van der Waals surface area contributed by atoms with Crippen molar-refractivity contribution in [1.29, 1.82) is 0 Å². The van der Waals surface area contributed by atoms with Crippen molar-refractivity contribution in [2.24, 2.45) is 0 Å². The average Bonchev–Trinajstić information content (AvgIpc) is 3.30. The molecule has 0 saturated heterocycles. The van der Waals surface area contributed by atoms with Crippen LogP contribution in [0.25, 0.3) is 0 Å². The van der Waals surface area contributed by atoms with Crippen LogP contribution in [0.5, 0.6) is 0 Å². The van der Waals surface area contributed by atoms with Crippen LogP contribution in [0.3, 0.4) is 0 Å². The smallest absolute Gasteiger partial charge is 0.306 e. The monoisotopic (exact) mass is 907 g/mol. The first-order chi connectivity index (χ1) is 32.0. The van der Waals surface area contributed by atoms with E-state index in [4.69, 9.17) is 14.2 Å². The first kappa shape index (κ1) is 61.9. The van der Waals surface area contributed by atoms with Crippen molar-refractivity contribution < 1.29 is 28.6 Å². The Labute approximate surface area is 402 Å². The van der Waals surface area contributed by atoms with Crippen LogP contribution in [0, 0.1) is 0 Å². The lowest BCUT2D eigenvalue weighted by atomic mass is 10.1. The predicted molar refractivity (Wildman–Crippen MR) is 279 cm³/mol. The number of carbonyl (C=O) groups is 3. The fraction of sp³-hybridized carbons (Fsp3) is 0.746. The van der Waals surface area contributed by atoms with Gasteiger partial charge in [0.1, 0.15) is 13.2 Å². The minimum atomic E-state index is -0.778. The Kier molecular flexibility index (Phi) is 50.9. The Bertz CT molecular complexity index is 1230. The topological polar surface area (TPSA) is 78.9 Å². The number of allylic oxidation sites excluding steroid dienone is 12. The van der Waals surface area contributed by atoms with Crippen LogP contribution in [0.2, 0.25) is 0 Å². The lowest BCUT2D eigenvalue weighted by molar-refractivity contribution is -0.167. The molecule has 1 atom stereocenters. The largest absolute Gasteiger partial charge is 0.462 e. The summed E-state index contributed by atoms with van der Waals surface area (Å²) in [5.41, 5.74) is 0. The van der Waals surface area contributed by atoms with E-state index in [1.54, 1.807) is 0 Å². The molecule has 0 N–H and O–H groups in total. The molecule has 65 heavy (non-hydrogen) atoms. The molecule has 0 saturated carbocycles. The summed E-state index contributed by atoms with van der Waals surface area (Å²) in [7, 11) is 0. The van der Waals surface area contributed by atoms with E-state index in [1.807, 2.05) is 0 Å². The quantitative estimate of drug-likeness (QED) is 0.0262. The van der Waals surface area contributed by atoms with Gasteiger partial charge in [0.25, 0.3) is 0 Å². The van der Waals surface area contributed by atoms with Crippen LogP contribution >= 0.6 is 0 Å². The molecule has 0 aromatic heterocycles. The van der Waals surface area contributed by atoms with Crippen molar-refractivity contribution in [3.05, 3.63) is 72.9 Å². The zero-order valence-electron chi connectivity index (χ0n) is 42.7. The van der Waals surface area contributed by atoms with E-state index >= 15 is 0 Å². The van der Waals surface area contributed by atoms with Crippen molar-refractivity contribution in [3.63, 3.8) is 0 Å². The molecule has 0 heterocycles. The predicted octanol–water partition coefficient (Wildman–Crippen LogP) is 18.2. The van der Waals surface area contributed by atoms with Crippen LogP contribution < -0.4 is 0 Å². The van der Waals surface area contributed by atoms with E-state index < -0.39 is 6.10 Å². The van der Waals surface area contributed by atoms with Crippen molar-refractivity contribution in [3.8, 4) is 0 Å². The molecule has 0 aromatic rings. The summed E-state index contributed by atoms with van der Waals surface area (Å²) < 4.78 is 16.8. The third-order valence-electron chi connectivity index (χ3n) is 11.7. The van der Waals surface area contributed by atoms with E-state index in [0.717, 1.165) is 109 Å². The minimum Gasteiger partial charge on any atom is -0.462 e. The van der Waals surface area contributed by atoms with Gasteiger partial charge in [-0.3, -0.25) is 14.4 Å². The number of unbranched alkanes of at least 4 members (excludes halogenated alkanes) is 26. The summed E-state index contributed by atoms with van der Waals surface area (Å²) in [6.07, 6.45) is 67.5. The fourth-order valence-electron chi connectivity index (χ4n) is 7.57. The molecule has 0 spiro atoms. The summed E-state index contributed by atoms with van der Waals surface area (Å²) in [6.45, 7) is 6.47. The molecule has 6 heteroatoms. The summed E-state index contributed by atoms with van der Waals surface area (Å²) in [5, 5.41) is 0. The highest BCUT2D eigenvalue weighted by Crippen LogP contribution is 2.15. The number of rotatable bonds is 49. The van der Waals surface area contributed by atoms with Gasteiger partial charge < -0.3 is 14.2 Å². The Morgan fingerprint density at radius 3 is 1.00 bits per heavy atom. The van der Waals surface area contributed by atoms with Crippen LogP contribution in [0.4, 0.5) is 0 Å². The molecular weight excluding hydrogens is 805 g/mol. The molecule has 1 unspecified atom stereocenters. The Hall–Kier alpha value is -3.15. The van der Waals surface area contributed by atoms with Crippen molar-refractivity contribution in [2.75, 3.05) is 13.2 Å². The van der Waals surface area contributed by atoms with E-state index in [-0.39, 0.29) is 31.1 Å². The maximum Gasteiger partial charge on any atom is 0.306 e. The van der Waals surface area contributed by atoms with Gasteiger partial charge in [0.05, 0.1) is 0 Å². The van der Waals surface area contributed by atoms with Gasteiger partial charge in [0.2, 0.25) is 0 Å². The highest BCUT2D eigenvalue weighted by Gasteiger charge is 2.19. The second-order valence-corrected chi connectivity index (χ2v) is 18.1. The molecule has 0 rings (SSSR count). The van der Waals surface area contributed by atoms with Crippen LogP contribution in [-0.4, -0.2) is 37.2 Å². The molecule has 0 radical (unpaired) electrons. The Morgan fingerprint density at radius 2 is 0.615 bits per heavy atom. The number of esters is 3. The molecule has 0 aromatic carbocycles. The highest BCUT2D eigenvalue weighted by molar-refractivity contribution is 5.71. The molecule has 0 aliphatic heterocycles. The average molecular weight is 907 g/mol. The van der Waals surface area contributed by atoms with Gasteiger partial charge in [-0.2, -0.15) is 0 Å². The zero-order chi connectivity index (χ0) is 47.2. The number of ether oxygens (including phenoxy) is 3. The summed E-state index contributed by atoms with van der Waals surface area (Å²) in [6, 6.07) is 0. The first-order valence-electron chi connectivity index (χ1n) is 27.4. The van der Waals surface area contributed by atoms with E-state index in [9.17, 15) is 14.4 Å². The van der Waals surface area contributed by atoms with E-state index in [0.29, 0.717) is 19.3 Å². The SMILES string of the molecule is CC/C=C\C/C=C\C/C=C\C/C=C\C/C=C\CCCCCCCCCCCC(=O)OCC(COC(=O)CCCCCCCCCCCCC)OC(=O)CCCCCCC/C=C\CCCC. The van der Waals surface area contributed by atoms with Crippen LogP contribution in [-0.2, 0) is 28.6 Å². The molecule has 0 aliphatic rings. The van der Waals surface area contributed by atoms with Gasteiger partial charge in [-0.15, -0.1) is 0 Å². The Morgan fingerprint density at radius 1 is 0.323 bits per heavy atom. The number of carbonyl (C=O) groups excluding carboxylic acids is 3. The maximum atomic E-state index is 12.8. The maximum absolute atomic E-state index is 12.8. The van der Waals surface area contributed by atoms with Crippen LogP contribution in [0.15, 0.2) is 72.9 Å².